The summed E-state index contributed by atoms with van der Waals surface area (Å²) in [7, 11) is 0. The lowest BCUT2D eigenvalue weighted by Gasteiger charge is -2.27. The van der Waals surface area contributed by atoms with Crippen LogP contribution in [0.3, 0.4) is 0 Å². The number of likely N-dealkylation sites (tertiary alicyclic amines) is 1. The normalized spacial score (nSPS) is 16.9. The fourth-order valence-corrected chi connectivity index (χ4v) is 4.16. The van der Waals surface area contributed by atoms with Crippen molar-refractivity contribution in [2.75, 3.05) is 23.3 Å². The molecule has 0 aliphatic carbocycles. The molecule has 0 saturated carbocycles. The molecule has 3 amide bonds. The summed E-state index contributed by atoms with van der Waals surface area (Å²) >= 11 is 12.2. The van der Waals surface area contributed by atoms with Crippen molar-refractivity contribution in [1.82, 2.24) is 4.90 Å². The molecule has 2 aromatic rings. The van der Waals surface area contributed by atoms with Gasteiger partial charge in [0, 0.05) is 29.4 Å². The highest BCUT2D eigenvalue weighted by Crippen LogP contribution is 2.32. The van der Waals surface area contributed by atoms with Crippen LogP contribution in [0.4, 0.5) is 11.4 Å². The van der Waals surface area contributed by atoms with Crippen molar-refractivity contribution in [1.29, 1.82) is 0 Å². The molecule has 2 aliphatic rings. The molecule has 0 unspecified atom stereocenters. The van der Waals surface area contributed by atoms with E-state index in [-0.39, 0.29) is 16.6 Å². The van der Waals surface area contributed by atoms with E-state index in [9.17, 15) is 14.4 Å². The lowest BCUT2D eigenvalue weighted by Crippen LogP contribution is -2.35. The van der Waals surface area contributed by atoms with E-state index >= 15 is 0 Å². The summed E-state index contributed by atoms with van der Waals surface area (Å²) in [4.78, 5) is 41.4. The van der Waals surface area contributed by atoms with E-state index < -0.39 is 11.8 Å². The number of hydrogen-bond acceptors (Lipinski definition) is 4. The third-order valence-corrected chi connectivity index (χ3v) is 6.07. The van der Waals surface area contributed by atoms with E-state index in [0.717, 1.165) is 42.8 Å². The number of carbonyl (C=O) groups excluding carboxylic acids is 3. The van der Waals surface area contributed by atoms with E-state index in [1.807, 2.05) is 17.9 Å². The monoisotopic (exact) mass is 457 g/mol. The first-order valence-electron chi connectivity index (χ1n) is 10.1. The topological polar surface area (TPSA) is 69.7 Å². The molecular weight excluding hydrogens is 437 g/mol. The molecule has 1 fully saturated rings. The van der Waals surface area contributed by atoms with Gasteiger partial charge in [0.05, 0.1) is 5.69 Å². The number of halogens is 2. The highest BCUT2D eigenvalue weighted by molar-refractivity contribution is 6.53. The third kappa shape index (κ3) is 4.18. The molecule has 8 heteroatoms. The molecule has 0 spiro atoms. The van der Waals surface area contributed by atoms with Crippen molar-refractivity contribution in [2.24, 2.45) is 0 Å². The Morgan fingerprint density at radius 1 is 0.968 bits per heavy atom. The predicted molar refractivity (Wildman–Crippen MR) is 121 cm³/mol. The van der Waals surface area contributed by atoms with Gasteiger partial charge in [-0.1, -0.05) is 35.3 Å². The van der Waals surface area contributed by atoms with Crippen molar-refractivity contribution in [3.63, 3.8) is 0 Å². The second-order valence-corrected chi connectivity index (χ2v) is 8.44. The Morgan fingerprint density at radius 2 is 1.71 bits per heavy atom. The van der Waals surface area contributed by atoms with Crippen LogP contribution in [0.2, 0.25) is 5.02 Å². The zero-order valence-electron chi connectivity index (χ0n) is 17.0. The van der Waals surface area contributed by atoms with Crippen molar-refractivity contribution in [3.8, 4) is 0 Å². The highest BCUT2D eigenvalue weighted by Gasteiger charge is 2.39. The van der Waals surface area contributed by atoms with E-state index in [1.165, 1.54) is 6.07 Å². The Morgan fingerprint density at radius 3 is 2.42 bits per heavy atom. The summed E-state index contributed by atoms with van der Waals surface area (Å²) in [5, 5.41) is 3.17. The molecule has 4 rings (SSSR count). The van der Waals surface area contributed by atoms with Crippen LogP contribution in [0, 0.1) is 6.92 Å². The number of carbonyl (C=O) groups is 3. The molecule has 0 atom stereocenters. The second kappa shape index (κ2) is 8.73. The Bertz CT molecular complexity index is 1110. The number of imide groups is 1. The molecule has 160 valence electrons. The minimum absolute atomic E-state index is 0.0303. The van der Waals surface area contributed by atoms with Crippen molar-refractivity contribution in [3.05, 3.63) is 69.3 Å². The summed E-state index contributed by atoms with van der Waals surface area (Å²) in [5.74, 6) is -1.25. The maximum atomic E-state index is 13.0. The molecule has 1 N–H and O–H groups in total. The van der Waals surface area contributed by atoms with Crippen molar-refractivity contribution >= 4 is 52.3 Å². The quantitative estimate of drug-likeness (QED) is 0.674. The summed E-state index contributed by atoms with van der Waals surface area (Å²) in [6.07, 6.45) is 3.14. The van der Waals surface area contributed by atoms with Gasteiger partial charge >= 0.3 is 0 Å². The first-order valence-corrected chi connectivity index (χ1v) is 10.8. The second-order valence-electron chi connectivity index (χ2n) is 7.62. The summed E-state index contributed by atoms with van der Waals surface area (Å²) in [5.41, 5.74) is 2.19. The van der Waals surface area contributed by atoms with Crippen LogP contribution in [-0.4, -0.2) is 35.7 Å². The molecule has 0 bridgehead atoms. The summed E-state index contributed by atoms with van der Waals surface area (Å²) < 4.78 is 0. The van der Waals surface area contributed by atoms with Crippen LogP contribution in [0.1, 0.15) is 35.2 Å². The van der Waals surface area contributed by atoms with Gasteiger partial charge < -0.3 is 10.2 Å². The van der Waals surface area contributed by atoms with Gasteiger partial charge in [0.15, 0.2) is 0 Å². The smallest absolute Gasteiger partial charge is 0.283 e. The molecule has 6 nitrogen and oxygen atoms in total. The Labute approximate surface area is 190 Å². The molecule has 0 radical (unpaired) electrons. The predicted octanol–water partition coefficient (Wildman–Crippen LogP) is 4.71. The summed E-state index contributed by atoms with van der Waals surface area (Å²) in [6.45, 7) is 3.34. The van der Waals surface area contributed by atoms with Gasteiger partial charge in [-0.2, -0.15) is 0 Å². The fourth-order valence-electron chi connectivity index (χ4n) is 3.77. The highest BCUT2D eigenvalue weighted by atomic mass is 35.5. The average molecular weight is 458 g/mol. The van der Waals surface area contributed by atoms with Crippen molar-refractivity contribution < 1.29 is 14.4 Å². The number of piperidine rings is 1. The van der Waals surface area contributed by atoms with E-state index in [0.29, 0.717) is 22.0 Å². The number of hydrogen-bond donors (Lipinski definition) is 1. The van der Waals surface area contributed by atoms with E-state index in [1.54, 1.807) is 30.3 Å². The average Bonchev–Trinajstić information content (AvgIpc) is 2.98. The minimum Gasteiger partial charge on any atom is -0.349 e. The zero-order valence-corrected chi connectivity index (χ0v) is 18.5. The maximum Gasteiger partial charge on any atom is 0.283 e. The maximum absolute atomic E-state index is 13.0. The van der Waals surface area contributed by atoms with Gasteiger partial charge in [0.2, 0.25) is 0 Å². The lowest BCUT2D eigenvalue weighted by atomic mass is 10.1. The van der Waals surface area contributed by atoms with Crippen LogP contribution >= 0.6 is 23.2 Å². The van der Waals surface area contributed by atoms with Gasteiger partial charge in [-0.05, 0) is 62.1 Å². The minimum atomic E-state index is -0.630. The number of nitrogens with one attached hydrogen (secondary N) is 1. The molecule has 2 aliphatic heterocycles. The molecule has 31 heavy (non-hydrogen) atoms. The number of anilines is 2. The fraction of sp³-hybridized carbons (Fsp3) is 0.261. The number of amides is 3. The van der Waals surface area contributed by atoms with Gasteiger partial charge in [0.1, 0.15) is 10.7 Å². The van der Waals surface area contributed by atoms with Crippen LogP contribution in [0.5, 0.6) is 0 Å². The van der Waals surface area contributed by atoms with Gasteiger partial charge in [0.25, 0.3) is 17.7 Å². The molecule has 2 heterocycles. The van der Waals surface area contributed by atoms with Gasteiger partial charge in [-0.15, -0.1) is 0 Å². The zero-order chi connectivity index (χ0) is 22.1. The van der Waals surface area contributed by atoms with E-state index in [2.05, 4.69) is 5.32 Å². The number of aryl methyl sites for hydroxylation is 1. The van der Waals surface area contributed by atoms with Crippen LogP contribution in [0.25, 0.3) is 0 Å². The first kappa shape index (κ1) is 21.4. The largest absolute Gasteiger partial charge is 0.349 e. The SMILES string of the molecule is Cc1ccc(C(=O)N2CCCCC2)cc1NC1=C(Cl)C(=O)N(c2cccc(Cl)c2)C1=O. The Hall–Kier alpha value is -2.83. The Balaban J connectivity index is 1.60. The first-order chi connectivity index (χ1) is 14.9. The van der Waals surface area contributed by atoms with Crippen molar-refractivity contribution in [2.45, 2.75) is 26.2 Å². The molecule has 2 aromatic carbocycles. The standard InChI is InChI=1S/C23H21Cl2N3O3/c1-14-8-9-15(21(29)27-10-3-2-4-11-27)12-18(14)26-20-19(25)22(30)28(23(20)31)17-7-5-6-16(24)13-17/h5-9,12-13,26H,2-4,10-11H2,1H3. The Kier molecular flexibility index (Phi) is 6.03. The van der Waals surface area contributed by atoms with Gasteiger partial charge in [-0.25, -0.2) is 4.90 Å². The molecular formula is C23H21Cl2N3O3. The summed E-state index contributed by atoms with van der Waals surface area (Å²) in [6, 6.07) is 11.7. The third-order valence-electron chi connectivity index (χ3n) is 5.48. The van der Waals surface area contributed by atoms with E-state index in [4.69, 9.17) is 23.2 Å². The number of nitrogens with zero attached hydrogens (tertiary/aromatic N) is 2. The number of rotatable bonds is 4. The lowest BCUT2D eigenvalue weighted by molar-refractivity contribution is -0.120. The van der Waals surface area contributed by atoms with Crippen LogP contribution in [0.15, 0.2) is 53.2 Å². The number of benzene rings is 2. The van der Waals surface area contributed by atoms with Crippen LogP contribution < -0.4 is 10.2 Å². The molecule has 0 aromatic heterocycles. The molecule has 1 saturated heterocycles. The van der Waals surface area contributed by atoms with Gasteiger partial charge in [-0.3, -0.25) is 14.4 Å². The van der Waals surface area contributed by atoms with Crippen LogP contribution in [-0.2, 0) is 9.59 Å².